The van der Waals surface area contributed by atoms with Gasteiger partial charge in [0, 0.05) is 32.1 Å². The number of halogens is 1. The van der Waals surface area contributed by atoms with E-state index in [1.165, 1.54) is 12.1 Å². The standard InChI is InChI=1S/C19H25FN4OS/c1-13(2)17-11-23(12-18-22-21-14(3)26-18)9-8-19(25)24(17)10-15-4-6-16(20)7-5-15/h4-7,13,17H,8-12H2,1-3H3/t17-/m0/s1. The third-order valence-electron chi connectivity index (χ3n) is 4.77. The Hall–Kier alpha value is -1.86. The first-order chi connectivity index (χ1) is 12.4. The molecule has 5 nitrogen and oxygen atoms in total. The van der Waals surface area contributed by atoms with Crippen LogP contribution in [0.15, 0.2) is 24.3 Å². The van der Waals surface area contributed by atoms with Gasteiger partial charge in [0.2, 0.25) is 5.91 Å². The molecule has 0 unspecified atom stereocenters. The quantitative estimate of drug-likeness (QED) is 0.804. The molecule has 1 amide bonds. The maximum absolute atomic E-state index is 13.2. The number of rotatable bonds is 5. The zero-order valence-corrected chi connectivity index (χ0v) is 16.3. The van der Waals surface area contributed by atoms with Gasteiger partial charge < -0.3 is 4.90 Å². The fourth-order valence-corrected chi connectivity index (χ4v) is 4.09. The van der Waals surface area contributed by atoms with E-state index in [4.69, 9.17) is 0 Å². The Balaban J connectivity index is 1.75. The summed E-state index contributed by atoms with van der Waals surface area (Å²) in [5.74, 6) is 0.231. The van der Waals surface area contributed by atoms with Gasteiger partial charge in [-0.2, -0.15) is 0 Å². The van der Waals surface area contributed by atoms with Gasteiger partial charge in [-0.3, -0.25) is 9.69 Å². The molecule has 1 aliphatic rings. The van der Waals surface area contributed by atoms with Gasteiger partial charge in [-0.05, 0) is 30.5 Å². The summed E-state index contributed by atoms with van der Waals surface area (Å²) in [6.45, 7) is 9.03. The van der Waals surface area contributed by atoms with Crippen LogP contribution in [0.5, 0.6) is 0 Å². The molecule has 1 aromatic heterocycles. The lowest BCUT2D eigenvalue weighted by molar-refractivity contribution is -0.134. The molecule has 2 aromatic rings. The predicted molar refractivity (Wildman–Crippen MR) is 100 cm³/mol. The Labute approximate surface area is 157 Å². The highest BCUT2D eigenvalue weighted by atomic mass is 32.1. The third-order valence-corrected chi connectivity index (χ3v) is 5.59. The number of aryl methyl sites for hydroxylation is 1. The zero-order chi connectivity index (χ0) is 18.7. The predicted octanol–water partition coefficient (Wildman–Crippen LogP) is 3.24. The van der Waals surface area contributed by atoms with E-state index < -0.39 is 0 Å². The number of amides is 1. The van der Waals surface area contributed by atoms with Crippen LogP contribution in [0, 0.1) is 18.7 Å². The van der Waals surface area contributed by atoms with Crippen molar-refractivity contribution < 1.29 is 9.18 Å². The number of hydrogen-bond acceptors (Lipinski definition) is 5. The average Bonchev–Trinajstić information content (AvgIpc) is 2.94. The summed E-state index contributed by atoms with van der Waals surface area (Å²) in [4.78, 5) is 17.1. The van der Waals surface area contributed by atoms with Crippen molar-refractivity contribution in [2.75, 3.05) is 13.1 Å². The monoisotopic (exact) mass is 376 g/mol. The van der Waals surface area contributed by atoms with Gasteiger partial charge in [0.25, 0.3) is 0 Å². The molecule has 0 bridgehead atoms. The van der Waals surface area contributed by atoms with E-state index in [-0.39, 0.29) is 17.8 Å². The minimum Gasteiger partial charge on any atom is -0.334 e. The van der Waals surface area contributed by atoms with E-state index in [0.29, 0.717) is 18.9 Å². The van der Waals surface area contributed by atoms with Crippen LogP contribution in [0.25, 0.3) is 0 Å². The summed E-state index contributed by atoms with van der Waals surface area (Å²) < 4.78 is 13.2. The van der Waals surface area contributed by atoms with E-state index in [1.807, 2.05) is 11.8 Å². The second-order valence-corrected chi connectivity index (χ2v) is 8.43. The van der Waals surface area contributed by atoms with Crippen LogP contribution in [0.4, 0.5) is 4.39 Å². The third kappa shape index (κ3) is 4.65. The molecule has 0 N–H and O–H groups in total. The van der Waals surface area contributed by atoms with E-state index in [1.54, 1.807) is 23.5 Å². The lowest BCUT2D eigenvalue weighted by Gasteiger charge is -2.34. The fourth-order valence-electron chi connectivity index (χ4n) is 3.34. The van der Waals surface area contributed by atoms with Crippen molar-refractivity contribution in [2.45, 2.75) is 46.3 Å². The number of carbonyl (C=O) groups is 1. The van der Waals surface area contributed by atoms with E-state index in [0.717, 1.165) is 35.2 Å². The second-order valence-electron chi connectivity index (χ2n) is 7.16. The molecule has 0 saturated carbocycles. The molecule has 0 spiro atoms. The van der Waals surface area contributed by atoms with Gasteiger partial charge >= 0.3 is 0 Å². The molecule has 7 heteroatoms. The maximum atomic E-state index is 13.2. The summed E-state index contributed by atoms with van der Waals surface area (Å²) in [5, 5.41) is 10.3. The highest BCUT2D eigenvalue weighted by molar-refractivity contribution is 7.11. The van der Waals surface area contributed by atoms with Crippen LogP contribution < -0.4 is 0 Å². The van der Waals surface area contributed by atoms with Crippen molar-refractivity contribution in [3.05, 3.63) is 45.7 Å². The minimum atomic E-state index is -0.255. The highest BCUT2D eigenvalue weighted by Crippen LogP contribution is 2.22. The Kier molecular flexibility index (Phi) is 5.98. The zero-order valence-electron chi connectivity index (χ0n) is 15.5. The van der Waals surface area contributed by atoms with Crippen LogP contribution in [0.3, 0.4) is 0 Å². The molecule has 1 aliphatic heterocycles. The first-order valence-corrected chi connectivity index (χ1v) is 9.79. The first kappa shape index (κ1) is 18.9. The lowest BCUT2D eigenvalue weighted by atomic mass is 10.0. The van der Waals surface area contributed by atoms with Crippen LogP contribution in [0.1, 0.15) is 35.8 Å². The molecule has 0 radical (unpaired) electrons. The van der Waals surface area contributed by atoms with Crippen molar-refractivity contribution in [3.8, 4) is 0 Å². The largest absolute Gasteiger partial charge is 0.334 e. The Morgan fingerprint density at radius 2 is 1.96 bits per heavy atom. The number of benzene rings is 1. The van der Waals surface area contributed by atoms with Crippen molar-refractivity contribution in [2.24, 2.45) is 5.92 Å². The van der Waals surface area contributed by atoms with Gasteiger partial charge in [-0.15, -0.1) is 21.5 Å². The number of hydrogen-bond donors (Lipinski definition) is 0. The number of aromatic nitrogens is 2. The Bertz CT molecular complexity index is 746. The van der Waals surface area contributed by atoms with Crippen LogP contribution in [-0.4, -0.2) is 45.0 Å². The summed E-state index contributed by atoms with van der Waals surface area (Å²) >= 11 is 1.61. The molecule has 1 fully saturated rings. The fraction of sp³-hybridized carbons (Fsp3) is 0.526. The van der Waals surface area contributed by atoms with Gasteiger partial charge in [-0.25, -0.2) is 4.39 Å². The molecular formula is C19H25FN4OS. The van der Waals surface area contributed by atoms with Gasteiger partial charge in [-0.1, -0.05) is 26.0 Å². The molecule has 0 aliphatic carbocycles. The molecule has 26 heavy (non-hydrogen) atoms. The Morgan fingerprint density at radius 3 is 2.58 bits per heavy atom. The summed E-state index contributed by atoms with van der Waals surface area (Å²) in [6, 6.07) is 6.53. The Morgan fingerprint density at radius 1 is 1.23 bits per heavy atom. The molecule has 140 valence electrons. The van der Waals surface area contributed by atoms with Crippen LogP contribution >= 0.6 is 11.3 Å². The van der Waals surface area contributed by atoms with Crippen LogP contribution in [-0.2, 0) is 17.9 Å². The summed E-state index contributed by atoms with van der Waals surface area (Å²) in [7, 11) is 0. The van der Waals surface area contributed by atoms with Crippen molar-refractivity contribution in [1.82, 2.24) is 20.0 Å². The van der Waals surface area contributed by atoms with E-state index in [9.17, 15) is 9.18 Å². The lowest BCUT2D eigenvalue weighted by Crippen LogP contribution is -2.45. The van der Waals surface area contributed by atoms with Gasteiger partial charge in [0.1, 0.15) is 15.8 Å². The van der Waals surface area contributed by atoms with Gasteiger partial charge in [0.05, 0.1) is 6.54 Å². The summed E-state index contributed by atoms with van der Waals surface area (Å²) in [6.07, 6.45) is 0.488. The molecule has 2 heterocycles. The van der Waals surface area contributed by atoms with Crippen molar-refractivity contribution in [1.29, 1.82) is 0 Å². The van der Waals surface area contributed by atoms with Crippen molar-refractivity contribution >= 4 is 17.2 Å². The first-order valence-electron chi connectivity index (χ1n) is 8.97. The number of carbonyl (C=O) groups excluding carboxylic acids is 1. The second kappa shape index (κ2) is 8.22. The van der Waals surface area contributed by atoms with E-state index >= 15 is 0 Å². The van der Waals surface area contributed by atoms with Gasteiger partial charge in [0.15, 0.2) is 0 Å². The number of nitrogens with zero attached hydrogens (tertiary/aromatic N) is 4. The maximum Gasteiger partial charge on any atom is 0.224 e. The highest BCUT2D eigenvalue weighted by Gasteiger charge is 2.32. The topological polar surface area (TPSA) is 49.3 Å². The summed E-state index contributed by atoms with van der Waals surface area (Å²) in [5.41, 5.74) is 0.957. The molecule has 1 atom stereocenters. The molecular weight excluding hydrogens is 351 g/mol. The average molecular weight is 377 g/mol. The normalized spacial score (nSPS) is 19.2. The molecule has 3 rings (SSSR count). The molecule has 1 saturated heterocycles. The van der Waals surface area contributed by atoms with E-state index in [2.05, 4.69) is 28.9 Å². The smallest absolute Gasteiger partial charge is 0.224 e. The minimum absolute atomic E-state index is 0.115. The van der Waals surface area contributed by atoms with Crippen molar-refractivity contribution in [3.63, 3.8) is 0 Å². The molecule has 1 aromatic carbocycles. The van der Waals surface area contributed by atoms with Crippen LogP contribution in [0.2, 0.25) is 0 Å². The SMILES string of the molecule is Cc1nnc(CN2CCC(=O)N(Cc3ccc(F)cc3)[C@H](C(C)C)C2)s1.